The molecule has 3 heterocycles. The number of aromatic nitrogens is 3. The lowest BCUT2D eigenvalue weighted by atomic mass is 9.83. The molecule has 0 amide bonds. The zero-order valence-electron chi connectivity index (χ0n) is 16.1. The van der Waals surface area contributed by atoms with Crippen LogP contribution in [0.2, 0.25) is 0 Å². The molecular weight excluding hydrogens is 480 g/mol. The molecule has 144 valence electrons. The standard InChI is InChI=1S/C18H26Br2N4OS/c1-17(2,3)11-7-23(8-12(25-11)18(4,5)6)16-22-14(10-26-16)24-9-13(19)21-15(24)20/h9-12H,7-8H2,1-6H3. The van der Waals surface area contributed by atoms with Crippen molar-refractivity contribution in [2.24, 2.45) is 10.8 Å². The van der Waals surface area contributed by atoms with Gasteiger partial charge in [-0.2, -0.15) is 0 Å². The van der Waals surface area contributed by atoms with Gasteiger partial charge in [0.05, 0.1) is 12.2 Å². The summed E-state index contributed by atoms with van der Waals surface area (Å²) in [5.74, 6) is 0.876. The summed E-state index contributed by atoms with van der Waals surface area (Å²) in [6.07, 6.45) is 2.25. The summed E-state index contributed by atoms with van der Waals surface area (Å²) < 4.78 is 9.95. The van der Waals surface area contributed by atoms with Gasteiger partial charge < -0.3 is 9.64 Å². The third-order valence-electron chi connectivity index (χ3n) is 4.66. The van der Waals surface area contributed by atoms with Gasteiger partial charge in [0, 0.05) is 24.7 Å². The van der Waals surface area contributed by atoms with Crippen LogP contribution in [0.25, 0.3) is 5.82 Å². The Bertz CT molecular complexity index is 753. The molecule has 26 heavy (non-hydrogen) atoms. The third-order valence-corrected chi connectivity index (χ3v) is 6.49. The highest BCUT2D eigenvalue weighted by Crippen LogP contribution is 2.37. The molecule has 5 nitrogen and oxygen atoms in total. The lowest BCUT2D eigenvalue weighted by Crippen LogP contribution is -2.55. The van der Waals surface area contributed by atoms with Gasteiger partial charge in [-0.15, -0.1) is 11.3 Å². The normalized spacial score (nSPS) is 22.1. The maximum absolute atomic E-state index is 6.49. The Morgan fingerprint density at radius 2 is 1.62 bits per heavy atom. The second-order valence-corrected chi connectivity index (χ2v) is 11.3. The van der Waals surface area contributed by atoms with Crippen LogP contribution in [0.5, 0.6) is 0 Å². The van der Waals surface area contributed by atoms with Crippen molar-refractivity contribution in [2.75, 3.05) is 18.0 Å². The van der Waals surface area contributed by atoms with Crippen molar-refractivity contribution in [2.45, 2.75) is 53.8 Å². The monoisotopic (exact) mass is 504 g/mol. The van der Waals surface area contributed by atoms with E-state index in [1.807, 2.05) is 10.8 Å². The third kappa shape index (κ3) is 4.34. The molecule has 1 aliphatic rings. The van der Waals surface area contributed by atoms with Crippen LogP contribution < -0.4 is 4.90 Å². The molecule has 0 spiro atoms. The van der Waals surface area contributed by atoms with Gasteiger partial charge in [-0.1, -0.05) is 41.5 Å². The van der Waals surface area contributed by atoms with Gasteiger partial charge in [-0.25, -0.2) is 9.97 Å². The molecule has 0 radical (unpaired) electrons. The number of ether oxygens (including phenoxy) is 1. The van der Waals surface area contributed by atoms with Gasteiger partial charge in [0.1, 0.15) is 4.60 Å². The molecule has 8 heteroatoms. The molecule has 0 bridgehead atoms. The molecule has 2 unspecified atom stereocenters. The fraction of sp³-hybridized carbons (Fsp3) is 0.667. The minimum atomic E-state index is 0.0838. The first-order valence-electron chi connectivity index (χ1n) is 8.72. The van der Waals surface area contributed by atoms with E-state index in [0.29, 0.717) is 0 Å². The summed E-state index contributed by atoms with van der Waals surface area (Å²) in [7, 11) is 0. The van der Waals surface area contributed by atoms with Crippen LogP contribution in [0.3, 0.4) is 0 Å². The largest absolute Gasteiger partial charge is 0.370 e. The summed E-state index contributed by atoms with van der Waals surface area (Å²) >= 11 is 8.56. The van der Waals surface area contributed by atoms with E-state index >= 15 is 0 Å². The van der Waals surface area contributed by atoms with E-state index < -0.39 is 0 Å². The Labute approximate surface area is 176 Å². The minimum Gasteiger partial charge on any atom is -0.370 e. The van der Waals surface area contributed by atoms with Crippen LogP contribution in [0.4, 0.5) is 5.13 Å². The van der Waals surface area contributed by atoms with Crippen molar-refractivity contribution in [3.8, 4) is 5.82 Å². The van der Waals surface area contributed by atoms with E-state index in [2.05, 4.69) is 88.7 Å². The van der Waals surface area contributed by atoms with Gasteiger partial charge in [0.25, 0.3) is 0 Å². The van der Waals surface area contributed by atoms with Crippen molar-refractivity contribution >= 4 is 48.3 Å². The number of morpholine rings is 1. The molecule has 0 saturated carbocycles. The fourth-order valence-electron chi connectivity index (χ4n) is 2.87. The van der Waals surface area contributed by atoms with E-state index in [1.54, 1.807) is 11.3 Å². The number of anilines is 1. The zero-order valence-corrected chi connectivity index (χ0v) is 20.1. The van der Waals surface area contributed by atoms with Crippen molar-refractivity contribution < 1.29 is 4.74 Å². The summed E-state index contributed by atoms with van der Waals surface area (Å²) in [6, 6.07) is 0. The van der Waals surface area contributed by atoms with Crippen LogP contribution in [-0.4, -0.2) is 39.8 Å². The first kappa shape index (κ1) is 20.3. The quantitative estimate of drug-likeness (QED) is 0.538. The molecule has 1 fully saturated rings. The number of rotatable bonds is 2. The minimum absolute atomic E-state index is 0.0838. The van der Waals surface area contributed by atoms with E-state index in [9.17, 15) is 0 Å². The Hall–Kier alpha value is -0.440. The number of halogens is 2. The highest BCUT2D eigenvalue weighted by Gasteiger charge is 2.40. The maximum atomic E-state index is 6.49. The molecule has 0 aromatic carbocycles. The lowest BCUT2D eigenvalue weighted by molar-refractivity contribution is -0.116. The zero-order chi connectivity index (χ0) is 19.3. The molecule has 0 aliphatic carbocycles. The van der Waals surface area contributed by atoms with Crippen LogP contribution >= 0.6 is 43.2 Å². The summed E-state index contributed by atoms with van der Waals surface area (Å²) in [5, 5.41) is 3.10. The van der Waals surface area contributed by atoms with Gasteiger partial charge in [-0.3, -0.25) is 4.57 Å². The smallest absolute Gasteiger partial charge is 0.187 e. The van der Waals surface area contributed by atoms with Gasteiger partial charge in [0.2, 0.25) is 0 Å². The molecule has 2 aromatic rings. The molecule has 0 N–H and O–H groups in total. The number of imidazole rings is 1. The van der Waals surface area contributed by atoms with Crippen LogP contribution in [-0.2, 0) is 4.74 Å². The van der Waals surface area contributed by atoms with E-state index in [1.165, 1.54) is 0 Å². The van der Waals surface area contributed by atoms with Gasteiger partial charge >= 0.3 is 0 Å². The average Bonchev–Trinajstić information content (AvgIpc) is 3.11. The van der Waals surface area contributed by atoms with E-state index in [4.69, 9.17) is 9.72 Å². The average molecular weight is 506 g/mol. The molecular formula is C18H26Br2N4OS. The van der Waals surface area contributed by atoms with Crippen LogP contribution in [0, 0.1) is 10.8 Å². The summed E-state index contributed by atoms with van der Waals surface area (Å²) in [5.41, 5.74) is 0.168. The van der Waals surface area contributed by atoms with Crippen molar-refractivity contribution in [1.82, 2.24) is 14.5 Å². The molecule has 1 aliphatic heterocycles. The Kier molecular flexibility index (Phi) is 5.61. The molecule has 2 aromatic heterocycles. The molecule has 1 saturated heterocycles. The molecule has 2 atom stereocenters. The van der Waals surface area contributed by atoms with E-state index in [0.717, 1.165) is 33.4 Å². The second kappa shape index (κ2) is 7.18. The Morgan fingerprint density at radius 1 is 1.04 bits per heavy atom. The predicted molar refractivity (Wildman–Crippen MR) is 114 cm³/mol. The Balaban J connectivity index is 1.88. The fourth-order valence-corrected chi connectivity index (χ4v) is 4.78. The summed E-state index contributed by atoms with van der Waals surface area (Å²) in [4.78, 5) is 11.6. The number of hydrogen-bond acceptors (Lipinski definition) is 5. The van der Waals surface area contributed by atoms with Crippen LogP contribution in [0.1, 0.15) is 41.5 Å². The van der Waals surface area contributed by atoms with Crippen molar-refractivity contribution in [1.29, 1.82) is 0 Å². The maximum Gasteiger partial charge on any atom is 0.187 e. The first-order chi connectivity index (χ1) is 11.9. The highest BCUT2D eigenvalue weighted by atomic mass is 79.9. The second-order valence-electron chi connectivity index (χ2n) is 8.94. The molecule has 3 rings (SSSR count). The number of nitrogens with zero attached hydrogens (tertiary/aromatic N) is 4. The number of thiazole rings is 1. The van der Waals surface area contributed by atoms with Crippen molar-refractivity contribution in [3.05, 3.63) is 20.9 Å². The van der Waals surface area contributed by atoms with Gasteiger partial charge in [-0.05, 0) is 42.7 Å². The predicted octanol–water partition coefficient (Wildman–Crippen LogP) is 5.52. The highest BCUT2D eigenvalue weighted by molar-refractivity contribution is 9.11. The SMILES string of the molecule is CC(C)(C)C1CN(c2nc(-n3cc(Br)nc3Br)cs2)CC(C(C)(C)C)O1. The number of hydrogen-bond donors (Lipinski definition) is 0. The van der Waals surface area contributed by atoms with Crippen LogP contribution in [0.15, 0.2) is 20.9 Å². The van der Waals surface area contributed by atoms with Gasteiger partial charge in [0.15, 0.2) is 15.7 Å². The van der Waals surface area contributed by atoms with Crippen molar-refractivity contribution in [3.63, 3.8) is 0 Å². The summed E-state index contributed by atoms with van der Waals surface area (Å²) in [6.45, 7) is 15.2. The first-order valence-corrected chi connectivity index (χ1v) is 11.2. The lowest BCUT2D eigenvalue weighted by Gasteiger charge is -2.47. The van der Waals surface area contributed by atoms with E-state index in [-0.39, 0.29) is 23.0 Å². The Morgan fingerprint density at radius 3 is 2.08 bits per heavy atom. The topological polar surface area (TPSA) is 43.2 Å².